The second kappa shape index (κ2) is 10.3. The molecule has 7 nitrogen and oxygen atoms in total. The zero-order valence-corrected chi connectivity index (χ0v) is 18.2. The highest BCUT2D eigenvalue weighted by molar-refractivity contribution is 6.32. The number of carbonyl (C=O) groups excluding carboxylic acids is 2. The lowest BCUT2D eigenvalue weighted by Crippen LogP contribution is -2.38. The Morgan fingerprint density at radius 1 is 1.26 bits per heavy atom. The van der Waals surface area contributed by atoms with Crippen molar-refractivity contribution in [3.8, 4) is 0 Å². The van der Waals surface area contributed by atoms with Crippen molar-refractivity contribution in [2.75, 3.05) is 18.4 Å². The van der Waals surface area contributed by atoms with Crippen LogP contribution in [0.15, 0.2) is 36.7 Å². The molecule has 0 saturated heterocycles. The maximum atomic E-state index is 12.6. The third-order valence-electron chi connectivity index (χ3n) is 4.90. The summed E-state index contributed by atoms with van der Waals surface area (Å²) in [4.78, 5) is 33.8. The molecule has 3 amide bonds. The number of halogens is 2. The van der Waals surface area contributed by atoms with Crippen LogP contribution in [0.5, 0.6) is 0 Å². The molecule has 2 aromatic rings. The predicted molar refractivity (Wildman–Crippen MR) is 118 cm³/mol. The van der Waals surface area contributed by atoms with Gasteiger partial charge in [0.25, 0.3) is 0 Å². The molecule has 0 bridgehead atoms. The molecule has 0 saturated carbocycles. The molecule has 1 aliphatic rings. The van der Waals surface area contributed by atoms with Gasteiger partial charge >= 0.3 is 6.03 Å². The summed E-state index contributed by atoms with van der Waals surface area (Å²) in [6.45, 7) is 3.76. The van der Waals surface area contributed by atoms with Crippen LogP contribution in [0.2, 0.25) is 5.02 Å². The van der Waals surface area contributed by atoms with Crippen molar-refractivity contribution in [1.82, 2.24) is 20.2 Å². The molecule has 164 valence electrons. The molecule has 2 aromatic heterocycles. The minimum atomic E-state index is -0.590. The van der Waals surface area contributed by atoms with Gasteiger partial charge in [-0.3, -0.25) is 15.1 Å². The number of amides is 3. The Kier molecular flexibility index (Phi) is 7.57. The summed E-state index contributed by atoms with van der Waals surface area (Å²) in [7, 11) is 0. The summed E-state index contributed by atoms with van der Waals surface area (Å²) in [6, 6.07) is 4.76. The summed E-state index contributed by atoms with van der Waals surface area (Å²) in [6.07, 6.45) is 6.37. The lowest BCUT2D eigenvalue weighted by molar-refractivity contribution is -0.119. The quantitative estimate of drug-likeness (QED) is 0.703. The molecule has 3 rings (SSSR count). The summed E-state index contributed by atoms with van der Waals surface area (Å²) in [5, 5.41) is 6.11. The van der Waals surface area contributed by atoms with Crippen LogP contribution in [0.1, 0.15) is 37.1 Å². The van der Waals surface area contributed by atoms with Crippen molar-refractivity contribution in [2.24, 2.45) is 0 Å². The van der Waals surface area contributed by atoms with Crippen LogP contribution in [0, 0.1) is 0 Å². The number of urea groups is 1. The number of carbonyl (C=O) groups is 2. The first-order chi connectivity index (χ1) is 14.9. The van der Waals surface area contributed by atoms with E-state index in [1.807, 2.05) is 19.1 Å². The first kappa shape index (κ1) is 22.7. The highest BCUT2D eigenvalue weighted by Crippen LogP contribution is 2.28. The van der Waals surface area contributed by atoms with Crippen molar-refractivity contribution in [2.45, 2.75) is 39.4 Å². The Balaban J connectivity index is 1.60. The number of hydrogen-bond donors (Lipinski definition) is 2. The second-order valence-electron chi connectivity index (χ2n) is 7.52. The van der Waals surface area contributed by atoms with Gasteiger partial charge in [0, 0.05) is 44.0 Å². The Morgan fingerprint density at radius 2 is 2.03 bits per heavy atom. The predicted octanol–water partition coefficient (Wildman–Crippen LogP) is 3.99. The van der Waals surface area contributed by atoms with Crippen LogP contribution >= 0.6 is 11.6 Å². The van der Waals surface area contributed by atoms with Gasteiger partial charge < -0.3 is 10.2 Å². The van der Waals surface area contributed by atoms with E-state index in [0.29, 0.717) is 48.0 Å². The van der Waals surface area contributed by atoms with Gasteiger partial charge in [-0.05, 0) is 43.0 Å². The molecular formula is C22H25ClFN5O2. The van der Waals surface area contributed by atoms with Crippen LogP contribution in [0.25, 0.3) is 5.57 Å². The Labute approximate surface area is 185 Å². The van der Waals surface area contributed by atoms with E-state index in [1.165, 1.54) is 13.1 Å². The number of aromatic nitrogens is 2. The smallest absolute Gasteiger partial charge is 0.323 e. The van der Waals surface area contributed by atoms with E-state index < -0.39 is 6.67 Å². The maximum Gasteiger partial charge on any atom is 0.323 e. The number of nitrogens with one attached hydrogen (secondary N) is 2. The van der Waals surface area contributed by atoms with Gasteiger partial charge in [0.2, 0.25) is 5.91 Å². The van der Waals surface area contributed by atoms with E-state index in [2.05, 4.69) is 20.6 Å². The number of anilines is 1. The van der Waals surface area contributed by atoms with E-state index in [1.54, 1.807) is 23.2 Å². The van der Waals surface area contributed by atoms with Crippen LogP contribution in [0.4, 0.5) is 15.0 Å². The number of rotatable bonds is 6. The van der Waals surface area contributed by atoms with Crippen molar-refractivity contribution in [1.29, 1.82) is 0 Å². The standard InChI is InChI=1S/C22H25ClFN5O2/c1-14(27-15(2)30)9-17-10-19(23)21(26-13-17)18-5-7-29(8-6-18)22(31)28-20-4-3-16(11-24)12-25-20/h3-5,10,12-14H,6-9,11H2,1-2H3,(H,27,30)(H,25,28,31). The summed E-state index contributed by atoms with van der Waals surface area (Å²) >= 11 is 6.46. The van der Waals surface area contributed by atoms with Crippen molar-refractivity contribution >= 4 is 34.9 Å². The second-order valence-corrected chi connectivity index (χ2v) is 7.93. The fourth-order valence-corrected chi connectivity index (χ4v) is 3.72. The molecule has 1 unspecified atom stereocenters. The lowest BCUT2D eigenvalue weighted by Gasteiger charge is -2.26. The first-order valence-electron chi connectivity index (χ1n) is 10.0. The molecule has 31 heavy (non-hydrogen) atoms. The van der Waals surface area contributed by atoms with Gasteiger partial charge in [0.05, 0.1) is 10.7 Å². The fourth-order valence-electron chi connectivity index (χ4n) is 3.41. The van der Waals surface area contributed by atoms with Gasteiger partial charge in [0.15, 0.2) is 0 Å². The topological polar surface area (TPSA) is 87.2 Å². The molecule has 0 aromatic carbocycles. The van der Waals surface area contributed by atoms with Crippen molar-refractivity contribution < 1.29 is 14.0 Å². The van der Waals surface area contributed by atoms with E-state index in [-0.39, 0.29) is 18.0 Å². The fraction of sp³-hybridized carbons (Fsp3) is 0.364. The van der Waals surface area contributed by atoms with Gasteiger partial charge in [-0.2, -0.15) is 0 Å². The molecular weight excluding hydrogens is 421 g/mol. The average molecular weight is 446 g/mol. The Morgan fingerprint density at radius 3 is 2.61 bits per heavy atom. The SMILES string of the molecule is CC(=O)NC(C)Cc1cnc(C2=CCN(C(=O)Nc3ccc(CF)cn3)CC2)c(Cl)c1. The molecule has 0 fully saturated rings. The van der Waals surface area contributed by atoms with Crippen LogP contribution in [0.3, 0.4) is 0 Å². The molecule has 3 heterocycles. The summed E-state index contributed by atoms with van der Waals surface area (Å²) in [5.74, 6) is 0.308. The van der Waals surface area contributed by atoms with E-state index in [0.717, 1.165) is 11.1 Å². The molecule has 1 atom stereocenters. The summed E-state index contributed by atoms with van der Waals surface area (Å²) in [5.41, 5.74) is 3.10. The number of pyridine rings is 2. The number of nitrogens with zero attached hydrogens (tertiary/aromatic N) is 3. The number of alkyl halides is 1. The first-order valence-corrected chi connectivity index (χ1v) is 10.4. The van der Waals surface area contributed by atoms with Crippen LogP contribution in [-0.4, -0.2) is 45.9 Å². The average Bonchev–Trinajstić information content (AvgIpc) is 2.74. The minimum Gasteiger partial charge on any atom is -0.354 e. The zero-order valence-electron chi connectivity index (χ0n) is 17.5. The van der Waals surface area contributed by atoms with Crippen molar-refractivity contribution in [3.63, 3.8) is 0 Å². The van der Waals surface area contributed by atoms with Crippen LogP contribution in [-0.2, 0) is 17.9 Å². The molecule has 9 heteroatoms. The largest absolute Gasteiger partial charge is 0.354 e. The maximum absolute atomic E-state index is 12.6. The van der Waals surface area contributed by atoms with Gasteiger partial charge in [-0.1, -0.05) is 23.7 Å². The molecule has 1 aliphatic heterocycles. The molecule has 0 radical (unpaired) electrons. The third-order valence-corrected chi connectivity index (χ3v) is 5.19. The minimum absolute atomic E-state index is 0.00940. The molecule has 0 aliphatic carbocycles. The zero-order chi connectivity index (χ0) is 22.4. The Bertz CT molecular complexity index is 980. The van der Waals surface area contributed by atoms with Crippen molar-refractivity contribution in [3.05, 3.63) is 58.5 Å². The van der Waals surface area contributed by atoms with Gasteiger partial charge in [-0.15, -0.1) is 0 Å². The molecule has 0 spiro atoms. The molecule has 2 N–H and O–H groups in total. The monoisotopic (exact) mass is 445 g/mol. The highest BCUT2D eigenvalue weighted by Gasteiger charge is 2.20. The highest BCUT2D eigenvalue weighted by atomic mass is 35.5. The third kappa shape index (κ3) is 6.24. The van der Waals surface area contributed by atoms with Gasteiger partial charge in [0.1, 0.15) is 12.5 Å². The number of hydrogen-bond acceptors (Lipinski definition) is 4. The normalized spacial score (nSPS) is 14.6. The lowest BCUT2D eigenvalue weighted by atomic mass is 10.0. The van der Waals surface area contributed by atoms with E-state index in [4.69, 9.17) is 11.6 Å². The van der Waals surface area contributed by atoms with Crippen LogP contribution < -0.4 is 10.6 Å². The Hall–Kier alpha value is -3.00. The van der Waals surface area contributed by atoms with E-state index in [9.17, 15) is 14.0 Å². The summed E-state index contributed by atoms with van der Waals surface area (Å²) < 4.78 is 12.6. The van der Waals surface area contributed by atoms with E-state index >= 15 is 0 Å². The van der Waals surface area contributed by atoms with Gasteiger partial charge in [-0.25, -0.2) is 14.2 Å².